The molecule has 1 unspecified atom stereocenters. The Kier molecular flexibility index (Phi) is 3.46. The molecule has 2 aromatic rings. The number of fused-ring (bicyclic) bond motifs is 1. The van der Waals surface area contributed by atoms with Crippen LogP contribution >= 0.6 is 0 Å². The highest BCUT2D eigenvalue weighted by atomic mass is 16.6. The second kappa shape index (κ2) is 5.41. The summed E-state index contributed by atoms with van der Waals surface area (Å²) in [5, 5.41) is 12.9. The molecular weight excluding hydrogens is 250 g/mol. The van der Waals surface area contributed by atoms with Crippen molar-refractivity contribution in [1.82, 2.24) is 10.2 Å². The number of aromatic nitrogens is 2. The van der Waals surface area contributed by atoms with Gasteiger partial charge in [0.15, 0.2) is 0 Å². The van der Waals surface area contributed by atoms with Crippen LogP contribution in [0.4, 0.5) is 0 Å². The van der Waals surface area contributed by atoms with Crippen molar-refractivity contribution in [3.05, 3.63) is 47.7 Å². The fraction of sp³-hybridized carbons (Fsp3) is 0.312. The predicted molar refractivity (Wildman–Crippen MR) is 78.5 cm³/mol. The largest absolute Gasteiger partial charge is 0.399 e. The van der Waals surface area contributed by atoms with Crippen LogP contribution in [0, 0.1) is 5.92 Å². The molecule has 0 radical (unpaired) electrons. The molecule has 0 aliphatic heterocycles. The van der Waals surface area contributed by atoms with Gasteiger partial charge in [0.05, 0.1) is 17.1 Å². The van der Waals surface area contributed by atoms with Crippen LogP contribution in [-0.2, 0) is 11.3 Å². The summed E-state index contributed by atoms with van der Waals surface area (Å²) in [6.45, 7) is 2.20. The quantitative estimate of drug-likeness (QED) is 0.786. The summed E-state index contributed by atoms with van der Waals surface area (Å²) in [5.41, 5.74) is 4.99. The molecule has 1 aliphatic carbocycles. The van der Waals surface area contributed by atoms with Crippen LogP contribution in [0.15, 0.2) is 41.6 Å². The van der Waals surface area contributed by atoms with Gasteiger partial charge in [-0.2, -0.15) is 10.2 Å². The first-order valence-corrected chi connectivity index (χ1v) is 6.80. The third-order valence-corrected chi connectivity index (χ3v) is 3.54. The molecular formula is C16H17N3O. The zero-order valence-corrected chi connectivity index (χ0v) is 11.7. The van der Waals surface area contributed by atoms with Crippen molar-refractivity contribution in [3.63, 3.8) is 0 Å². The van der Waals surface area contributed by atoms with E-state index in [1.54, 1.807) is 7.11 Å². The van der Waals surface area contributed by atoms with E-state index in [1.165, 1.54) is 0 Å². The summed E-state index contributed by atoms with van der Waals surface area (Å²) in [6, 6.07) is 12.1. The number of oxime groups is 1. The summed E-state index contributed by atoms with van der Waals surface area (Å²) in [6.07, 6.45) is 1.86. The Labute approximate surface area is 118 Å². The van der Waals surface area contributed by atoms with Crippen LogP contribution in [0.5, 0.6) is 0 Å². The average Bonchev–Trinajstić information content (AvgIpc) is 2.48. The lowest BCUT2D eigenvalue weighted by Crippen LogP contribution is -2.21. The molecule has 1 atom stereocenters. The summed E-state index contributed by atoms with van der Waals surface area (Å²) < 4.78 is 0. The zero-order chi connectivity index (χ0) is 13.9. The lowest BCUT2D eigenvalue weighted by atomic mass is 9.86. The van der Waals surface area contributed by atoms with E-state index in [0.717, 1.165) is 41.1 Å². The second-order valence-electron chi connectivity index (χ2n) is 5.19. The highest BCUT2D eigenvalue weighted by molar-refractivity contribution is 6.02. The summed E-state index contributed by atoms with van der Waals surface area (Å²) in [5.74, 6) is 0.522. The van der Waals surface area contributed by atoms with Gasteiger partial charge in [0.25, 0.3) is 0 Å². The fourth-order valence-corrected chi connectivity index (χ4v) is 2.61. The molecule has 4 nitrogen and oxygen atoms in total. The van der Waals surface area contributed by atoms with E-state index in [4.69, 9.17) is 4.84 Å². The number of rotatable bonds is 2. The van der Waals surface area contributed by atoms with Crippen molar-refractivity contribution in [1.29, 1.82) is 0 Å². The topological polar surface area (TPSA) is 47.4 Å². The molecule has 0 N–H and O–H groups in total. The number of hydrogen-bond donors (Lipinski definition) is 0. The van der Waals surface area contributed by atoms with Crippen LogP contribution in [0.3, 0.4) is 0 Å². The third kappa shape index (κ3) is 2.41. The number of hydrogen-bond acceptors (Lipinski definition) is 4. The molecule has 0 amide bonds. The Bertz CT molecular complexity index is 637. The molecule has 1 aromatic heterocycles. The molecule has 1 heterocycles. The van der Waals surface area contributed by atoms with Gasteiger partial charge >= 0.3 is 0 Å². The predicted octanol–water partition coefficient (Wildman–Crippen LogP) is 3.08. The van der Waals surface area contributed by atoms with Gasteiger partial charge in [-0.25, -0.2) is 0 Å². The van der Waals surface area contributed by atoms with Gasteiger partial charge in [-0.05, 0) is 24.8 Å². The van der Waals surface area contributed by atoms with Crippen molar-refractivity contribution >= 4 is 5.71 Å². The van der Waals surface area contributed by atoms with E-state index in [9.17, 15) is 0 Å². The minimum absolute atomic E-state index is 0.522. The molecule has 4 heteroatoms. The SMILES string of the molecule is CO/N=C1\CC(C)Cc2nnc(-c3ccccc3)cc21. The van der Waals surface area contributed by atoms with E-state index >= 15 is 0 Å². The Morgan fingerprint density at radius 1 is 1.15 bits per heavy atom. The summed E-state index contributed by atoms with van der Waals surface area (Å²) >= 11 is 0. The minimum Gasteiger partial charge on any atom is -0.399 e. The Balaban J connectivity index is 2.07. The maximum absolute atomic E-state index is 4.97. The van der Waals surface area contributed by atoms with Crippen molar-refractivity contribution in [3.8, 4) is 11.3 Å². The van der Waals surface area contributed by atoms with Gasteiger partial charge in [0, 0.05) is 11.1 Å². The lowest BCUT2D eigenvalue weighted by Gasteiger charge is -2.21. The van der Waals surface area contributed by atoms with Crippen LogP contribution < -0.4 is 0 Å². The van der Waals surface area contributed by atoms with Crippen LogP contribution in [-0.4, -0.2) is 23.0 Å². The van der Waals surface area contributed by atoms with Crippen LogP contribution in [0.1, 0.15) is 24.6 Å². The van der Waals surface area contributed by atoms with Gasteiger partial charge in [0.2, 0.25) is 0 Å². The van der Waals surface area contributed by atoms with E-state index in [0.29, 0.717) is 5.92 Å². The molecule has 1 aromatic carbocycles. The lowest BCUT2D eigenvalue weighted by molar-refractivity contribution is 0.212. The Morgan fingerprint density at radius 3 is 2.70 bits per heavy atom. The Hall–Kier alpha value is -2.23. The summed E-state index contributed by atoms with van der Waals surface area (Å²) in [7, 11) is 1.58. The molecule has 0 fully saturated rings. The highest BCUT2D eigenvalue weighted by Gasteiger charge is 2.23. The molecule has 0 bridgehead atoms. The molecule has 1 aliphatic rings. The van der Waals surface area contributed by atoms with E-state index in [-0.39, 0.29) is 0 Å². The maximum Gasteiger partial charge on any atom is 0.106 e. The van der Waals surface area contributed by atoms with Crippen molar-refractivity contribution in [2.45, 2.75) is 19.8 Å². The average molecular weight is 267 g/mol. The second-order valence-corrected chi connectivity index (χ2v) is 5.19. The summed E-state index contributed by atoms with van der Waals surface area (Å²) in [4.78, 5) is 4.97. The van der Waals surface area contributed by atoms with E-state index in [2.05, 4.69) is 28.3 Å². The first-order valence-electron chi connectivity index (χ1n) is 6.80. The van der Waals surface area contributed by atoms with Crippen LogP contribution in [0.2, 0.25) is 0 Å². The smallest absolute Gasteiger partial charge is 0.106 e. The monoisotopic (exact) mass is 267 g/mol. The van der Waals surface area contributed by atoms with E-state index < -0.39 is 0 Å². The molecule has 0 saturated carbocycles. The van der Waals surface area contributed by atoms with E-state index in [1.807, 2.05) is 30.3 Å². The van der Waals surface area contributed by atoms with Gasteiger partial charge in [-0.1, -0.05) is 42.4 Å². The number of nitrogens with zero attached hydrogens (tertiary/aromatic N) is 3. The normalized spacial score (nSPS) is 19.7. The van der Waals surface area contributed by atoms with Gasteiger partial charge in [0.1, 0.15) is 7.11 Å². The standard InChI is InChI=1S/C16H17N3O/c1-11-8-15-13(16(9-11)19-20-2)10-14(17-18-15)12-6-4-3-5-7-12/h3-7,10-11H,8-9H2,1-2H3/b19-16+. The van der Waals surface area contributed by atoms with Crippen molar-refractivity contribution in [2.75, 3.05) is 7.11 Å². The number of benzene rings is 1. The first kappa shape index (κ1) is 12.8. The van der Waals surface area contributed by atoms with Gasteiger partial charge in [-0.3, -0.25) is 0 Å². The molecule has 0 saturated heterocycles. The van der Waals surface area contributed by atoms with Crippen molar-refractivity contribution in [2.24, 2.45) is 11.1 Å². The highest BCUT2D eigenvalue weighted by Crippen LogP contribution is 2.27. The first-order chi connectivity index (χ1) is 9.78. The zero-order valence-electron chi connectivity index (χ0n) is 11.7. The van der Waals surface area contributed by atoms with Crippen LogP contribution in [0.25, 0.3) is 11.3 Å². The molecule has 3 rings (SSSR count). The van der Waals surface area contributed by atoms with Gasteiger partial charge < -0.3 is 4.84 Å². The minimum atomic E-state index is 0.522. The molecule has 102 valence electrons. The van der Waals surface area contributed by atoms with Gasteiger partial charge in [-0.15, -0.1) is 0 Å². The maximum atomic E-state index is 4.97. The fourth-order valence-electron chi connectivity index (χ4n) is 2.61. The third-order valence-electron chi connectivity index (χ3n) is 3.54. The molecule has 0 spiro atoms. The molecule has 20 heavy (non-hydrogen) atoms. The Morgan fingerprint density at radius 2 is 1.95 bits per heavy atom. The van der Waals surface area contributed by atoms with Crippen molar-refractivity contribution < 1.29 is 4.84 Å².